The minimum absolute atomic E-state index is 0. The van der Waals surface area contributed by atoms with Gasteiger partial charge in [-0.25, -0.2) is 4.39 Å². The first kappa shape index (κ1) is 22.6. The first-order valence-corrected chi connectivity index (χ1v) is 9.55. The Kier molecular flexibility index (Phi) is 7.47. The molecule has 0 aliphatic heterocycles. The minimum Gasteiger partial charge on any atom is -0.355 e. The van der Waals surface area contributed by atoms with Crippen LogP contribution in [0.1, 0.15) is 49.4 Å². The lowest BCUT2D eigenvalue weighted by Crippen LogP contribution is -2.42. The molecular weight excluding hydrogens is 468 g/mol. The van der Waals surface area contributed by atoms with Crippen LogP contribution in [0.15, 0.2) is 35.5 Å². The monoisotopic (exact) mass is 499 g/mol. The van der Waals surface area contributed by atoms with Gasteiger partial charge in [0.25, 0.3) is 0 Å². The van der Waals surface area contributed by atoms with E-state index in [2.05, 4.69) is 40.4 Å². The average Bonchev–Trinajstić information content (AvgIpc) is 3.32. The molecule has 1 aromatic carbocycles. The summed E-state index contributed by atoms with van der Waals surface area (Å²) in [7, 11) is 5.79. The van der Waals surface area contributed by atoms with E-state index in [4.69, 9.17) is 0 Å². The first-order chi connectivity index (χ1) is 12.8. The molecule has 1 aromatic heterocycles. The number of nitrogens with zero attached hydrogens (tertiary/aromatic N) is 4. The summed E-state index contributed by atoms with van der Waals surface area (Å²) in [6.45, 7) is 5.83. The lowest BCUT2D eigenvalue weighted by molar-refractivity contribution is 0.467. The Morgan fingerprint density at radius 1 is 1.39 bits per heavy atom. The summed E-state index contributed by atoms with van der Waals surface area (Å²) in [5, 5.41) is 8.08. The molecule has 2 aromatic rings. The first-order valence-electron chi connectivity index (χ1n) is 9.55. The highest BCUT2D eigenvalue weighted by molar-refractivity contribution is 14.0. The van der Waals surface area contributed by atoms with Gasteiger partial charge in [0.05, 0.1) is 5.69 Å². The number of rotatable bonds is 6. The van der Waals surface area contributed by atoms with E-state index >= 15 is 0 Å². The highest BCUT2D eigenvalue weighted by atomic mass is 127. The summed E-state index contributed by atoms with van der Waals surface area (Å²) in [6.07, 6.45) is 4.22. The largest absolute Gasteiger partial charge is 0.355 e. The predicted octanol–water partition coefficient (Wildman–Crippen LogP) is 4.04. The molecule has 7 heteroatoms. The van der Waals surface area contributed by atoms with Crippen molar-refractivity contribution in [3.8, 4) is 0 Å². The Bertz CT molecular complexity index is 826. The van der Waals surface area contributed by atoms with Crippen molar-refractivity contribution in [1.82, 2.24) is 20.0 Å². The van der Waals surface area contributed by atoms with Crippen LogP contribution in [0.4, 0.5) is 4.39 Å². The fraction of sp³-hybridized carbons (Fsp3) is 0.524. The number of hydrogen-bond donors (Lipinski definition) is 1. The van der Waals surface area contributed by atoms with Crippen molar-refractivity contribution in [2.45, 2.75) is 44.6 Å². The molecule has 0 bridgehead atoms. The molecule has 1 fully saturated rings. The third-order valence-corrected chi connectivity index (χ3v) is 5.34. The SMILES string of the molecule is CN=C(NCC1(c2cccc(F)c2)CC1)N(C)Cc1cn(C)nc1C(C)C.I. The van der Waals surface area contributed by atoms with Gasteiger partial charge in [-0.3, -0.25) is 9.67 Å². The molecule has 0 radical (unpaired) electrons. The molecule has 1 heterocycles. The Hall–Kier alpha value is -1.64. The highest BCUT2D eigenvalue weighted by Crippen LogP contribution is 2.47. The molecule has 1 N–H and O–H groups in total. The predicted molar refractivity (Wildman–Crippen MR) is 123 cm³/mol. The van der Waals surface area contributed by atoms with Crippen molar-refractivity contribution in [2.24, 2.45) is 12.0 Å². The topological polar surface area (TPSA) is 45.5 Å². The third kappa shape index (κ3) is 5.04. The van der Waals surface area contributed by atoms with Crippen molar-refractivity contribution < 1.29 is 4.39 Å². The summed E-state index contributed by atoms with van der Waals surface area (Å²) in [5.74, 6) is 1.06. The van der Waals surface area contributed by atoms with E-state index in [1.54, 1.807) is 19.2 Å². The maximum absolute atomic E-state index is 13.6. The number of aliphatic imine (C=N–C) groups is 1. The zero-order chi connectivity index (χ0) is 19.6. The Morgan fingerprint density at radius 2 is 2.11 bits per heavy atom. The van der Waals surface area contributed by atoms with Gasteiger partial charge in [-0.1, -0.05) is 26.0 Å². The third-order valence-electron chi connectivity index (χ3n) is 5.34. The summed E-state index contributed by atoms with van der Waals surface area (Å²) < 4.78 is 15.5. The molecule has 1 saturated carbocycles. The second kappa shape index (κ2) is 9.24. The maximum Gasteiger partial charge on any atom is 0.193 e. The molecule has 0 atom stereocenters. The normalized spacial score (nSPS) is 15.3. The zero-order valence-corrected chi connectivity index (χ0v) is 19.7. The molecule has 28 heavy (non-hydrogen) atoms. The number of aryl methyl sites for hydroxylation is 1. The number of benzene rings is 1. The van der Waals surface area contributed by atoms with E-state index in [0.717, 1.165) is 43.1 Å². The standard InChI is InChI=1S/C21H30FN5.HI/c1-15(2)19-16(13-27(5)25-19)12-26(4)20(23-3)24-14-21(9-10-21)17-7-6-8-18(22)11-17;/h6-8,11,13,15H,9-10,12,14H2,1-5H3,(H,23,24);1H. The fourth-order valence-corrected chi connectivity index (χ4v) is 3.66. The van der Waals surface area contributed by atoms with Crippen LogP contribution >= 0.6 is 24.0 Å². The van der Waals surface area contributed by atoms with E-state index in [1.807, 2.05) is 24.8 Å². The van der Waals surface area contributed by atoms with E-state index in [1.165, 1.54) is 11.6 Å². The summed E-state index contributed by atoms with van der Waals surface area (Å²) >= 11 is 0. The molecule has 1 aliphatic rings. The number of nitrogens with one attached hydrogen (secondary N) is 1. The van der Waals surface area contributed by atoms with Gasteiger partial charge in [0, 0.05) is 51.4 Å². The smallest absolute Gasteiger partial charge is 0.193 e. The van der Waals surface area contributed by atoms with Crippen LogP contribution < -0.4 is 5.32 Å². The zero-order valence-electron chi connectivity index (χ0n) is 17.4. The second-order valence-corrected chi connectivity index (χ2v) is 7.92. The van der Waals surface area contributed by atoms with Crippen LogP contribution in [-0.2, 0) is 19.0 Å². The molecule has 5 nitrogen and oxygen atoms in total. The van der Waals surface area contributed by atoms with Crippen LogP contribution in [0.3, 0.4) is 0 Å². The molecule has 0 unspecified atom stereocenters. The van der Waals surface area contributed by atoms with Gasteiger partial charge in [0.15, 0.2) is 5.96 Å². The van der Waals surface area contributed by atoms with Crippen molar-refractivity contribution >= 4 is 29.9 Å². The summed E-state index contributed by atoms with van der Waals surface area (Å²) in [6, 6.07) is 6.97. The molecule has 0 spiro atoms. The van der Waals surface area contributed by atoms with Crippen LogP contribution in [-0.4, -0.2) is 41.3 Å². The van der Waals surface area contributed by atoms with Crippen LogP contribution in [0, 0.1) is 5.82 Å². The van der Waals surface area contributed by atoms with Gasteiger partial charge in [-0.15, -0.1) is 24.0 Å². The minimum atomic E-state index is -0.168. The lowest BCUT2D eigenvalue weighted by Gasteiger charge is -2.25. The quantitative estimate of drug-likeness (QED) is 0.371. The Balaban J connectivity index is 0.00000280. The van der Waals surface area contributed by atoms with E-state index in [9.17, 15) is 4.39 Å². The molecule has 154 valence electrons. The van der Waals surface area contributed by atoms with Gasteiger partial charge in [-0.05, 0) is 36.5 Å². The van der Waals surface area contributed by atoms with Crippen molar-refractivity contribution in [1.29, 1.82) is 0 Å². The van der Waals surface area contributed by atoms with Gasteiger partial charge in [0.1, 0.15) is 5.82 Å². The van der Waals surface area contributed by atoms with Crippen molar-refractivity contribution in [2.75, 3.05) is 20.6 Å². The molecule has 1 aliphatic carbocycles. The second-order valence-electron chi connectivity index (χ2n) is 7.92. The summed E-state index contributed by atoms with van der Waals surface area (Å²) in [4.78, 5) is 6.55. The van der Waals surface area contributed by atoms with Gasteiger partial charge < -0.3 is 10.2 Å². The van der Waals surface area contributed by atoms with Crippen LogP contribution in [0.2, 0.25) is 0 Å². The Labute approximate surface area is 184 Å². The number of halogens is 2. The van der Waals surface area contributed by atoms with E-state index in [-0.39, 0.29) is 35.2 Å². The lowest BCUT2D eigenvalue weighted by atomic mass is 9.96. The number of hydrogen-bond acceptors (Lipinski definition) is 2. The molecule has 0 amide bonds. The summed E-state index contributed by atoms with van der Waals surface area (Å²) in [5.41, 5.74) is 3.43. The van der Waals surface area contributed by atoms with Gasteiger partial charge >= 0.3 is 0 Å². The van der Waals surface area contributed by atoms with Crippen LogP contribution in [0.5, 0.6) is 0 Å². The van der Waals surface area contributed by atoms with Crippen molar-refractivity contribution in [3.05, 3.63) is 53.1 Å². The van der Waals surface area contributed by atoms with Crippen molar-refractivity contribution in [3.63, 3.8) is 0 Å². The maximum atomic E-state index is 13.6. The molecule has 3 rings (SSSR count). The number of aromatic nitrogens is 2. The molecule has 0 saturated heterocycles. The number of guanidine groups is 1. The highest BCUT2D eigenvalue weighted by Gasteiger charge is 2.44. The average molecular weight is 499 g/mol. The van der Waals surface area contributed by atoms with E-state index in [0.29, 0.717) is 5.92 Å². The van der Waals surface area contributed by atoms with Gasteiger partial charge in [0.2, 0.25) is 0 Å². The molecular formula is C21H31FIN5. The Morgan fingerprint density at radius 3 is 2.68 bits per heavy atom. The fourth-order valence-electron chi connectivity index (χ4n) is 3.66. The van der Waals surface area contributed by atoms with Gasteiger partial charge in [-0.2, -0.15) is 5.10 Å². The van der Waals surface area contributed by atoms with E-state index < -0.39 is 0 Å². The van der Waals surface area contributed by atoms with Crippen LogP contribution in [0.25, 0.3) is 0 Å².